The Balaban J connectivity index is 1.21. The third kappa shape index (κ3) is 25.7. The zero-order valence-electron chi connectivity index (χ0n) is 48.9. The lowest BCUT2D eigenvalue weighted by atomic mass is 9.79. The number of methoxy groups -OCH3 is 1. The van der Waals surface area contributed by atoms with Gasteiger partial charge in [-0.1, -0.05) is 247 Å². The van der Waals surface area contributed by atoms with Gasteiger partial charge in [-0.05, 0) is 66.0 Å². The fourth-order valence-corrected chi connectivity index (χ4v) is 10.7. The van der Waals surface area contributed by atoms with Gasteiger partial charge in [-0.2, -0.15) is 0 Å². The first-order valence-electron chi connectivity index (χ1n) is 30.7. The number of carbonyl (C=O) groups is 2. The van der Waals surface area contributed by atoms with E-state index in [1.807, 2.05) is 60.7 Å². The predicted octanol–water partition coefficient (Wildman–Crippen LogP) is 15.9. The molecule has 5 rings (SSSR count). The Morgan fingerprint density at radius 3 is 1.67 bits per heavy atom. The van der Waals surface area contributed by atoms with E-state index in [0.717, 1.165) is 80.9 Å². The zero-order valence-corrected chi connectivity index (χ0v) is 48.9. The average Bonchev–Trinajstić information content (AvgIpc) is 3.47. The molecule has 2 amide bonds. The normalized spacial score (nSPS) is 18.5. The van der Waals surface area contributed by atoms with Gasteiger partial charge < -0.3 is 39.1 Å². The first kappa shape index (κ1) is 64.2. The molecule has 1 fully saturated rings. The number of hydrogen-bond donors (Lipinski definition) is 2. The Bertz CT molecular complexity index is 2130. The minimum absolute atomic E-state index is 0.00867. The molecule has 2 unspecified atom stereocenters. The smallest absolute Gasteiger partial charge is 0.251 e. The fourth-order valence-electron chi connectivity index (χ4n) is 10.7. The molecule has 0 bridgehead atoms. The van der Waals surface area contributed by atoms with Crippen molar-refractivity contribution in [3.63, 3.8) is 0 Å². The van der Waals surface area contributed by atoms with E-state index in [2.05, 4.69) is 86.9 Å². The summed E-state index contributed by atoms with van der Waals surface area (Å²) in [5.41, 5.74) is 3.93. The minimum Gasteiger partial charge on any atom is -0.497 e. The first-order valence-corrected chi connectivity index (χ1v) is 30.7. The number of amides is 2. The molecular formula is C68H102N2O8. The van der Waals surface area contributed by atoms with Crippen molar-refractivity contribution in [2.24, 2.45) is 17.8 Å². The van der Waals surface area contributed by atoms with Crippen molar-refractivity contribution >= 4 is 11.8 Å². The summed E-state index contributed by atoms with van der Waals surface area (Å²) in [5, 5.41) is 6.53. The number of ether oxygens (including phenoxy) is 6. The van der Waals surface area contributed by atoms with Crippen LogP contribution in [0, 0.1) is 17.8 Å². The summed E-state index contributed by atoms with van der Waals surface area (Å²) < 4.78 is 39.3. The lowest BCUT2D eigenvalue weighted by Crippen LogP contribution is -2.54. The summed E-state index contributed by atoms with van der Waals surface area (Å²) >= 11 is 0. The van der Waals surface area contributed by atoms with Crippen molar-refractivity contribution in [3.8, 4) is 5.75 Å². The van der Waals surface area contributed by atoms with Crippen molar-refractivity contribution in [3.05, 3.63) is 138 Å². The molecule has 1 aliphatic heterocycles. The number of nitrogens with one attached hydrogen (secondary N) is 2. The molecule has 0 saturated carbocycles. The van der Waals surface area contributed by atoms with Gasteiger partial charge in [0.1, 0.15) is 11.9 Å². The zero-order chi connectivity index (χ0) is 55.3. The summed E-state index contributed by atoms with van der Waals surface area (Å²) in [6.07, 6.45) is 24.8. The molecule has 432 valence electrons. The molecule has 0 aliphatic carbocycles. The molecule has 4 aromatic rings. The molecule has 78 heavy (non-hydrogen) atoms. The van der Waals surface area contributed by atoms with Gasteiger partial charge in [-0.15, -0.1) is 0 Å². The van der Waals surface area contributed by atoms with E-state index in [4.69, 9.17) is 28.4 Å². The van der Waals surface area contributed by atoms with E-state index in [-0.39, 0.29) is 42.5 Å². The summed E-state index contributed by atoms with van der Waals surface area (Å²) in [6.45, 7) is 11.8. The molecule has 10 heteroatoms. The highest BCUT2D eigenvalue weighted by Gasteiger charge is 2.41. The van der Waals surface area contributed by atoms with Crippen LogP contribution in [0.1, 0.15) is 202 Å². The number of unbranched alkanes of at least 4 members (excludes halogenated alkanes) is 19. The molecule has 10 nitrogen and oxygen atoms in total. The Hall–Kier alpha value is -4.58. The van der Waals surface area contributed by atoms with E-state index in [1.165, 1.54) is 77.0 Å². The number of hydrogen-bond acceptors (Lipinski definition) is 8. The SMILES string of the molecule is CCCCCCCCCCCCCC[C@@H](OCc1ccccc1)[C@@H](OCc1ccccc1)[C@H](CO[C@H]1OC(COCc2ccccc2)[C@H](C)[C@H](C)C1C)NC(=O)CCCCCCCCCCCNC(=O)c1cccc(OC)c1. The van der Waals surface area contributed by atoms with Crippen molar-refractivity contribution in [2.75, 3.05) is 26.9 Å². The summed E-state index contributed by atoms with van der Waals surface area (Å²) in [5.74, 6) is 1.35. The Kier molecular flexibility index (Phi) is 32.7. The molecule has 1 aliphatic rings. The van der Waals surface area contributed by atoms with E-state index in [9.17, 15) is 9.59 Å². The molecule has 0 radical (unpaired) electrons. The van der Waals surface area contributed by atoms with Crippen LogP contribution in [0.3, 0.4) is 0 Å². The highest BCUT2D eigenvalue weighted by atomic mass is 16.7. The molecule has 0 spiro atoms. The molecule has 2 N–H and O–H groups in total. The Morgan fingerprint density at radius 1 is 0.564 bits per heavy atom. The van der Waals surface area contributed by atoms with Gasteiger partial charge in [0.05, 0.1) is 58.4 Å². The molecule has 1 heterocycles. The van der Waals surface area contributed by atoms with Crippen molar-refractivity contribution < 1.29 is 38.0 Å². The first-order chi connectivity index (χ1) is 38.2. The molecule has 4 aromatic carbocycles. The van der Waals surface area contributed by atoms with Crippen LogP contribution in [0.15, 0.2) is 115 Å². The lowest BCUT2D eigenvalue weighted by Gasteiger charge is -2.44. The third-order valence-corrected chi connectivity index (χ3v) is 16.1. The molecular weight excluding hydrogens is 973 g/mol. The van der Waals surface area contributed by atoms with E-state index in [0.29, 0.717) is 56.6 Å². The molecule has 1 saturated heterocycles. The van der Waals surface area contributed by atoms with Gasteiger partial charge in [0, 0.05) is 24.4 Å². The van der Waals surface area contributed by atoms with Crippen LogP contribution in [0.25, 0.3) is 0 Å². The average molecular weight is 1080 g/mol. The lowest BCUT2D eigenvalue weighted by molar-refractivity contribution is -0.262. The maximum Gasteiger partial charge on any atom is 0.251 e. The van der Waals surface area contributed by atoms with Crippen LogP contribution in [-0.2, 0) is 48.3 Å². The maximum absolute atomic E-state index is 14.3. The van der Waals surface area contributed by atoms with Crippen LogP contribution in [0.4, 0.5) is 0 Å². The monoisotopic (exact) mass is 1070 g/mol. The van der Waals surface area contributed by atoms with Crippen molar-refractivity contribution in [1.82, 2.24) is 10.6 Å². The second-order valence-corrected chi connectivity index (χ2v) is 22.3. The van der Waals surface area contributed by atoms with Crippen molar-refractivity contribution in [1.29, 1.82) is 0 Å². The van der Waals surface area contributed by atoms with Gasteiger partial charge in [0.15, 0.2) is 6.29 Å². The third-order valence-electron chi connectivity index (χ3n) is 16.1. The highest BCUT2D eigenvalue weighted by molar-refractivity contribution is 5.94. The second-order valence-electron chi connectivity index (χ2n) is 22.3. The van der Waals surface area contributed by atoms with E-state index < -0.39 is 18.4 Å². The van der Waals surface area contributed by atoms with Crippen LogP contribution >= 0.6 is 0 Å². The minimum atomic E-state index is -0.493. The summed E-state index contributed by atoms with van der Waals surface area (Å²) in [4.78, 5) is 26.8. The van der Waals surface area contributed by atoms with Gasteiger partial charge in [-0.25, -0.2) is 0 Å². The maximum atomic E-state index is 14.3. The number of benzene rings is 4. The van der Waals surface area contributed by atoms with Crippen molar-refractivity contribution in [2.45, 2.75) is 226 Å². The van der Waals surface area contributed by atoms with Crippen LogP contribution < -0.4 is 15.4 Å². The molecule has 8 atom stereocenters. The van der Waals surface area contributed by atoms with Gasteiger partial charge >= 0.3 is 0 Å². The van der Waals surface area contributed by atoms with Gasteiger partial charge in [0.2, 0.25) is 5.91 Å². The fraction of sp³-hybridized carbons (Fsp3) is 0.618. The van der Waals surface area contributed by atoms with Crippen LogP contribution in [0.2, 0.25) is 0 Å². The molecule has 0 aromatic heterocycles. The second kappa shape index (κ2) is 39.7. The van der Waals surface area contributed by atoms with Gasteiger partial charge in [0.25, 0.3) is 5.91 Å². The van der Waals surface area contributed by atoms with Crippen LogP contribution in [0.5, 0.6) is 5.75 Å². The van der Waals surface area contributed by atoms with E-state index >= 15 is 0 Å². The number of rotatable bonds is 43. The number of carbonyl (C=O) groups excluding carboxylic acids is 2. The predicted molar refractivity (Wildman–Crippen MR) is 317 cm³/mol. The summed E-state index contributed by atoms with van der Waals surface area (Å²) in [7, 11) is 1.61. The highest BCUT2D eigenvalue weighted by Crippen LogP contribution is 2.36. The quantitative estimate of drug-likeness (QED) is 0.0422. The Labute approximate surface area is 472 Å². The largest absolute Gasteiger partial charge is 0.497 e. The topological polar surface area (TPSA) is 114 Å². The van der Waals surface area contributed by atoms with E-state index in [1.54, 1.807) is 13.2 Å². The van der Waals surface area contributed by atoms with Gasteiger partial charge in [-0.3, -0.25) is 9.59 Å². The van der Waals surface area contributed by atoms with Crippen LogP contribution in [-0.4, -0.2) is 69.3 Å². The standard InChI is InChI=1S/C68H102N2O8/c1-6-7-8-9-10-11-12-13-15-18-21-33-45-63(75-50-58-39-29-25-30-40-58)66(76-51-59-41-31-26-32-42-59)62(52-77-68-56(4)54(2)55(3)64(78-68)53-74-49-57-37-27-24-28-38-57)70-65(71)46-34-22-19-16-14-17-20-23-35-47-69-67(72)60-43-36-44-61(48-60)73-5/h24-32,36-44,48,54-56,62-64,66,68H,6-23,33-35,45-47,49-53H2,1-5H3,(H,69,72)(H,70,71)/t54-,55+,56?,62-,63+,64?,66-,68-/m0/s1. The summed E-state index contributed by atoms with van der Waals surface area (Å²) in [6, 6.07) is 37.7. The Morgan fingerprint density at radius 2 is 1.09 bits per heavy atom.